The maximum atomic E-state index is 8.62. The van der Waals surface area contributed by atoms with E-state index in [0.717, 1.165) is 24.2 Å². The van der Waals surface area contributed by atoms with E-state index in [4.69, 9.17) is 20.4 Å². The molecular formula is C16H34Cl2CoN2O4. The van der Waals surface area contributed by atoms with E-state index in [-0.39, 0.29) is 68.0 Å². The number of halogens is 2. The molecule has 1 radical (unpaired) electrons. The van der Waals surface area contributed by atoms with Crippen LogP contribution in [0.25, 0.3) is 0 Å². The number of hydrogen-bond donors (Lipinski definition) is 4. The molecule has 0 aliphatic rings. The van der Waals surface area contributed by atoms with Gasteiger partial charge in [0, 0.05) is 39.3 Å². The molecule has 0 rings (SSSR count). The molecule has 9 heteroatoms. The van der Waals surface area contributed by atoms with Crippen molar-refractivity contribution in [3.63, 3.8) is 0 Å². The molecule has 0 aliphatic carbocycles. The average molecular weight is 448 g/mol. The molecule has 155 valence electrons. The van der Waals surface area contributed by atoms with Crippen molar-refractivity contribution in [2.45, 2.75) is 13.8 Å². The van der Waals surface area contributed by atoms with Gasteiger partial charge in [-0.15, -0.1) is 0 Å². The summed E-state index contributed by atoms with van der Waals surface area (Å²) in [5.74, 6) is 0. The summed E-state index contributed by atoms with van der Waals surface area (Å²) in [6, 6.07) is 0. The molecule has 0 heterocycles. The third-order valence-corrected chi connectivity index (χ3v) is 2.65. The minimum absolute atomic E-state index is 0. The van der Waals surface area contributed by atoms with Crippen LogP contribution in [0.2, 0.25) is 0 Å². The minimum atomic E-state index is 0. The molecule has 0 aromatic heterocycles. The van der Waals surface area contributed by atoms with Gasteiger partial charge in [0.05, 0.1) is 26.4 Å². The van der Waals surface area contributed by atoms with Gasteiger partial charge in [-0.3, -0.25) is 9.80 Å². The largest absolute Gasteiger partial charge is 2.00 e. The Morgan fingerprint density at radius 1 is 0.640 bits per heavy atom. The number of nitrogens with zero attached hydrogens (tertiary/aromatic N) is 2. The van der Waals surface area contributed by atoms with E-state index in [9.17, 15) is 0 Å². The molecule has 4 N–H and O–H groups in total. The summed E-state index contributed by atoms with van der Waals surface area (Å²) in [5.41, 5.74) is 2.10. The van der Waals surface area contributed by atoms with Gasteiger partial charge in [-0.25, -0.2) is 0 Å². The number of hydrogen-bond acceptors (Lipinski definition) is 6. The Morgan fingerprint density at radius 3 is 0.960 bits per heavy atom. The van der Waals surface area contributed by atoms with E-state index in [0.29, 0.717) is 26.2 Å². The first-order valence-corrected chi connectivity index (χ1v) is 7.58. The van der Waals surface area contributed by atoms with E-state index in [1.54, 1.807) is 0 Å². The molecule has 0 amide bonds. The first kappa shape index (κ1) is 36.3. The summed E-state index contributed by atoms with van der Waals surface area (Å²) in [7, 11) is 0. The normalized spacial score (nSPS) is 9.28. The second-order valence-corrected chi connectivity index (χ2v) is 5.36. The van der Waals surface area contributed by atoms with Crippen molar-refractivity contribution in [3.8, 4) is 0 Å². The van der Waals surface area contributed by atoms with E-state index in [1.165, 1.54) is 0 Å². The molecular weight excluding hydrogens is 414 g/mol. The van der Waals surface area contributed by atoms with Crippen LogP contribution in [0, 0.1) is 0 Å². The van der Waals surface area contributed by atoms with Crippen LogP contribution in [0.5, 0.6) is 0 Å². The van der Waals surface area contributed by atoms with Crippen molar-refractivity contribution in [1.29, 1.82) is 0 Å². The Hall–Kier alpha value is 0.326. The van der Waals surface area contributed by atoms with Gasteiger partial charge in [0.1, 0.15) is 0 Å². The maximum Gasteiger partial charge on any atom is 2.00 e. The zero-order chi connectivity index (χ0) is 17.4. The van der Waals surface area contributed by atoms with Crippen LogP contribution in [0.4, 0.5) is 0 Å². The first-order chi connectivity index (χ1) is 10.4. The van der Waals surface area contributed by atoms with Crippen LogP contribution in [-0.2, 0) is 16.8 Å². The second kappa shape index (κ2) is 26.6. The zero-order valence-electron chi connectivity index (χ0n) is 15.3. The Kier molecular flexibility index (Phi) is 38.5. The molecule has 0 saturated heterocycles. The van der Waals surface area contributed by atoms with Crippen molar-refractivity contribution in [1.82, 2.24) is 9.80 Å². The molecule has 0 aliphatic heterocycles. The Bertz CT molecular complexity index is 261. The molecule has 6 nitrogen and oxygen atoms in total. The second-order valence-electron chi connectivity index (χ2n) is 5.36. The fourth-order valence-electron chi connectivity index (χ4n) is 1.87. The van der Waals surface area contributed by atoms with Gasteiger partial charge in [-0.05, 0) is 13.8 Å². The third-order valence-electron chi connectivity index (χ3n) is 2.65. The summed E-state index contributed by atoms with van der Waals surface area (Å²) in [4.78, 5) is 3.92. The monoisotopic (exact) mass is 447 g/mol. The Labute approximate surface area is 175 Å². The minimum Gasteiger partial charge on any atom is -1.00 e. The van der Waals surface area contributed by atoms with Crippen LogP contribution in [0.1, 0.15) is 13.8 Å². The summed E-state index contributed by atoms with van der Waals surface area (Å²) in [6.45, 7) is 15.8. The summed E-state index contributed by atoms with van der Waals surface area (Å²) in [5, 5.41) is 34.5. The SMILES string of the molecule is C=C(C)CN(CCO)CCO.C=C(C)CN(CCO)CCO.[Cl-].[Cl-].[Co+2]. The number of aliphatic hydroxyl groups excluding tert-OH is 4. The van der Waals surface area contributed by atoms with Gasteiger partial charge < -0.3 is 45.2 Å². The van der Waals surface area contributed by atoms with Gasteiger partial charge >= 0.3 is 16.8 Å². The predicted molar refractivity (Wildman–Crippen MR) is 90.9 cm³/mol. The molecule has 25 heavy (non-hydrogen) atoms. The summed E-state index contributed by atoms with van der Waals surface area (Å²) in [6.07, 6.45) is 0. The van der Waals surface area contributed by atoms with Crippen LogP contribution < -0.4 is 24.8 Å². The van der Waals surface area contributed by atoms with Gasteiger partial charge in [0.15, 0.2) is 0 Å². The quantitative estimate of drug-likeness (QED) is 0.223. The number of rotatable bonds is 12. The van der Waals surface area contributed by atoms with Crippen molar-refractivity contribution >= 4 is 0 Å². The van der Waals surface area contributed by atoms with Crippen molar-refractivity contribution in [2.75, 3.05) is 65.7 Å². The molecule has 0 bridgehead atoms. The van der Waals surface area contributed by atoms with Crippen molar-refractivity contribution < 1.29 is 62.0 Å². The van der Waals surface area contributed by atoms with Crippen molar-refractivity contribution in [3.05, 3.63) is 24.3 Å². The third kappa shape index (κ3) is 29.3. The van der Waals surface area contributed by atoms with Gasteiger partial charge in [-0.2, -0.15) is 0 Å². The molecule has 0 aromatic rings. The van der Waals surface area contributed by atoms with Crippen LogP contribution >= 0.6 is 0 Å². The van der Waals surface area contributed by atoms with Gasteiger partial charge in [-0.1, -0.05) is 24.3 Å². The van der Waals surface area contributed by atoms with E-state index >= 15 is 0 Å². The van der Waals surface area contributed by atoms with E-state index in [1.807, 2.05) is 23.6 Å². The smallest absolute Gasteiger partial charge is 1.00 e. The average Bonchev–Trinajstić information content (AvgIpc) is 2.39. The first-order valence-electron chi connectivity index (χ1n) is 7.58. The molecule has 0 saturated carbocycles. The maximum absolute atomic E-state index is 8.62. The fraction of sp³-hybridized carbons (Fsp3) is 0.750. The molecule has 0 spiro atoms. The van der Waals surface area contributed by atoms with E-state index in [2.05, 4.69) is 13.2 Å². The Morgan fingerprint density at radius 2 is 0.840 bits per heavy atom. The van der Waals surface area contributed by atoms with Crippen LogP contribution in [0.3, 0.4) is 0 Å². The molecule has 0 fully saturated rings. The zero-order valence-corrected chi connectivity index (χ0v) is 17.8. The molecule has 0 atom stereocenters. The molecule has 0 aromatic carbocycles. The summed E-state index contributed by atoms with van der Waals surface area (Å²) >= 11 is 0. The summed E-state index contributed by atoms with van der Waals surface area (Å²) < 4.78 is 0. The topological polar surface area (TPSA) is 87.4 Å². The van der Waals surface area contributed by atoms with Gasteiger partial charge in [0.25, 0.3) is 0 Å². The van der Waals surface area contributed by atoms with E-state index < -0.39 is 0 Å². The predicted octanol–water partition coefficient (Wildman–Crippen LogP) is -6.30. The standard InChI is InChI=1S/2C8H17NO2.2ClH.Co/c2*1-8(2)7-9(3-5-10)4-6-11;;;/h2*10-11H,1,3-7H2,2H3;2*1H;/q;;;;+2/p-2. The van der Waals surface area contributed by atoms with Crippen LogP contribution in [0.15, 0.2) is 24.3 Å². The fourth-order valence-corrected chi connectivity index (χ4v) is 1.87. The van der Waals surface area contributed by atoms with Crippen molar-refractivity contribution in [2.24, 2.45) is 0 Å². The van der Waals surface area contributed by atoms with Crippen LogP contribution in [-0.4, -0.2) is 95.9 Å². The Balaban J connectivity index is -0.0000000952. The number of aliphatic hydroxyl groups is 4. The molecule has 0 unspecified atom stereocenters. The van der Waals surface area contributed by atoms with Gasteiger partial charge in [0.2, 0.25) is 0 Å².